The third-order valence-electron chi connectivity index (χ3n) is 11.8. The summed E-state index contributed by atoms with van der Waals surface area (Å²) in [6.45, 7) is 11.3. The predicted octanol–water partition coefficient (Wildman–Crippen LogP) is 4.99. The Kier molecular flexibility index (Phi) is 14.4. The number of esters is 1. The molecule has 59 heavy (non-hydrogen) atoms. The number of aliphatic hydroxyl groups is 1. The first-order valence-electron chi connectivity index (χ1n) is 19.9. The average molecular weight is 841 g/mol. The number of rotatable bonds is 11. The molecule has 0 radical (unpaired) electrons. The normalized spacial score (nSPS) is 30.4. The number of nitrogens with zero attached hydrogens (tertiary/aromatic N) is 3. The lowest BCUT2D eigenvalue weighted by molar-refractivity contribution is -0.162. The molecule has 0 saturated carbocycles. The number of halogens is 1. The highest BCUT2D eigenvalue weighted by Crippen LogP contribution is 2.49. The standard InChI is InChI=1S/C43H57ClN4O11/c1-25-14-13-15-33(56-9)43(54)24-32(57-41(53)45-43)27(3)39-42(5,59-39)34(23-37(51)47(7)30-21-29(20-25)22-31(55-8)38(30)44)58-40(52)28(4)46(6)35(49)16-11-10-12-19-48-26(2)17-18-36(48)50/h13-15,17-18,21-22,27-28,32-34,39,54H,2,10-12,16,19-20,23-24H2,1,3-9H3,(H,45,53)/b15-13+,25-14+/t27-,28+,32+,33-,34+,39?,42+,43+/m1/s1. The fraction of sp³-hybridized carbons (Fsp3) is 0.558. The molecule has 322 valence electrons. The summed E-state index contributed by atoms with van der Waals surface area (Å²) in [5.74, 6) is -1.76. The molecule has 0 aromatic heterocycles. The average Bonchev–Trinajstić information content (AvgIpc) is 3.79. The van der Waals surface area contributed by atoms with Crippen LogP contribution in [0.1, 0.15) is 71.8 Å². The van der Waals surface area contributed by atoms with E-state index in [2.05, 4.69) is 11.9 Å². The van der Waals surface area contributed by atoms with Crippen molar-refractivity contribution in [3.05, 3.63) is 70.9 Å². The first-order valence-corrected chi connectivity index (χ1v) is 20.2. The van der Waals surface area contributed by atoms with Crippen LogP contribution in [0.25, 0.3) is 0 Å². The number of hydrogen-bond donors (Lipinski definition) is 2. The lowest BCUT2D eigenvalue weighted by Gasteiger charge is -2.42. The Bertz CT molecular complexity index is 1900. The second-order valence-electron chi connectivity index (χ2n) is 16.0. The van der Waals surface area contributed by atoms with Gasteiger partial charge in [-0.3, -0.25) is 19.7 Å². The first kappa shape index (κ1) is 45.4. The Labute approximate surface area is 350 Å². The molecule has 8 atom stereocenters. The maximum absolute atomic E-state index is 14.2. The van der Waals surface area contributed by atoms with E-state index < -0.39 is 65.7 Å². The van der Waals surface area contributed by atoms with E-state index in [1.165, 1.54) is 37.1 Å². The van der Waals surface area contributed by atoms with Crippen molar-refractivity contribution in [3.8, 4) is 5.75 Å². The van der Waals surface area contributed by atoms with E-state index in [0.29, 0.717) is 49.4 Å². The maximum atomic E-state index is 14.2. The Morgan fingerprint density at radius 2 is 1.90 bits per heavy atom. The monoisotopic (exact) mass is 840 g/mol. The second-order valence-corrected chi connectivity index (χ2v) is 16.4. The van der Waals surface area contributed by atoms with Gasteiger partial charge in [0.05, 0.1) is 25.3 Å². The number of fused-ring (bicyclic) bond motifs is 5. The van der Waals surface area contributed by atoms with Gasteiger partial charge in [-0.25, -0.2) is 9.59 Å². The van der Waals surface area contributed by atoms with E-state index >= 15 is 0 Å². The molecule has 4 amide bonds. The Balaban J connectivity index is 1.39. The predicted molar refractivity (Wildman–Crippen MR) is 219 cm³/mol. The summed E-state index contributed by atoms with van der Waals surface area (Å²) in [7, 11) is 6.00. The molecule has 1 aromatic rings. The lowest BCUT2D eigenvalue weighted by Crippen LogP contribution is -2.63. The highest BCUT2D eigenvalue weighted by atomic mass is 35.5. The summed E-state index contributed by atoms with van der Waals surface area (Å²) in [5.41, 5.74) is -0.350. The van der Waals surface area contributed by atoms with Crippen molar-refractivity contribution in [2.45, 2.75) is 114 Å². The van der Waals surface area contributed by atoms with Gasteiger partial charge in [-0.1, -0.05) is 55.3 Å². The minimum atomic E-state index is -1.84. The SMILES string of the molecule is C=C1C=CC(=O)N1CCCCCC(=O)N(C)[C@@H](C)C(=O)O[C@H]1CC(=O)N(C)c2cc(cc(OC)c2Cl)C/C(C)=C/C=C/[C@@H](OC)[C@@]2(O)C[C@H](OC(=O)N2)[C@@H](C)C2O[C@]21C. The van der Waals surface area contributed by atoms with E-state index in [1.807, 2.05) is 13.0 Å². The zero-order chi connectivity index (χ0) is 43.4. The number of unbranched alkanes of at least 4 members (excludes halogenated alkanes) is 2. The Morgan fingerprint density at radius 3 is 2.56 bits per heavy atom. The van der Waals surface area contributed by atoms with Crippen LogP contribution >= 0.6 is 11.6 Å². The van der Waals surface area contributed by atoms with Gasteiger partial charge in [-0.15, -0.1) is 0 Å². The lowest BCUT2D eigenvalue weighted by atomic mass is 9.83. The van der Waals surface area contributed by atoms with Gasteiger partial charge < -0.3 is 43.5 Å². The number of likely N-dealkylation sites (N-methyl/N-ethyl adjacent to an activating group) is 1. The van der Waals surface area contributed by atoms with Gasteiger partial charge in [0.25, 0.3) is 5.91 Å². The number of epoxide rings is 1. The van der Waals surface area contributed by atoms with Crippen LogP contribution in [-0.2, 0) is 44.5 Å². The largest absolute Gasteiger partial charge is 0.495 e. The van der Waals surface area contributed by atoms with Crippen LogP contribution in [0.5, 0.6) is 5.75 Å². The van der Waals surface area contributed by atoms with Crippen LogP contribution in [0.15, 0.2) is 60.4 Å². The van der Waals surface area contributed by atoms with E-state index in [9.17, 15) is 29.1 Å². The zero-order valence-corrected chi connectivity index (χ0v) is 35.9. The smallest absolute Gasteiger partial charge is 0.409 e. The van der Waals surface area contributed by atoms with Crippen molar-refractivity contribution in [2.75, 3.05) is 39.8 Å². The van der Waals surface area contributed by atoms with Gasteiger partial charge in [-0.2, -0.15) is 0 Å². The van der Waals surface area contributed by atoms with Crippen LogP contribution in [0, 0.1) is 5.92 Å². The van der Waals surface area contributed by atoms with E-state index in [0.717, 1.165) is 11.1 Å². The highest BCUT2D eigenvalue weighted by Gasteiger charge is 2.64. The van der Waals surface area contributed by atoms with Crippen LogP contribution in [0.4, 0.5) is 10.5 Å². The maximum Gasteiger partial charge on any atom is 0.409 e. The molecule has 4 aliphatic rings. The summed E-state index contributed by atoms with van der Waals surface area (Å²) >= 11 is 6.78. The van der Waals surface area contributed by atoms with Crippen LogP contribution in [0.2, 0.25) is 5.02 Å². The van der Waals surface area contributed by atoms with Crippen molar-refractivity contribution < 1.29 is 52.8 Å². The molecule has 1 unspecified atom stereocenters. The molecule has 0 spiro atoms. The van der Waals surface area contributed by atoms with Crippen molar-refractivity contribution in [1.29, 1.82) is 0 Å². The number of alkyl carbamates (subject to hydrolysis) is 1. The van der Waals surface area contributed by atoms with Crippen molar-refractivity contribution >= 4 is 47.1 Å². The molecule has 4 aliphatic heterocycles. The van der Waals surface area contributed by atoms with E-state index in [1.54, 1.807) is 63.1 Å². The molecule has 0 aliphatic carbocycles. The Hall–Kier alpha value is -4.70. The molecular formula is C43H57ClN4O11. The third kappa shape index (κ3) is 10.2. The zero-order valence-electron chi connectivity index (χ0n) is 35.1. The first-order chi connectivity index (χ1) is 27.8. The number of methoxy groups -OCH3 is 2. The van der Waals surface area contributed by atoms with Crippen molar-refractivity contribution in [1.82, 2.24) is 15.1 Å². The number of allylic oxidation sites excluding steroid dienone is 4. The van der Waals surface area contributed by atoms with Gasteiger partial charge >= 0.3 is 12.1 Å². The molecule has 2 saturated heterocycles. The minimum absolute atomic E-state index is 0.0650. The van der Waals surface area contributed by atoms with Crippen molar-refractivity contribution in [3.63, 3.8) is 0 Å². The van der Waals surface area contributed by atoms with Gasteiger partial charge in [0.15, 0.2) is 5.72 Å². The number of carbonyl (C=O) groups is 5. The minimum Gasteiger partial charge on any atom is -0.495 e. The fourth-order valence-corrected chi connectivity index (χ4v) is 8.17. The van der Waals surface area contributed by atoms with Crippen LogP contribution in [-0.4, -0.2) is 121 Å². The molecule has 4 bridgehead atoms. The number of amides is 4. The summed E-state index contributed by atoms with van der Waals surface area (Å²) in [6.07, 6.45) is 6.02. The molecular weight excluding hydrogens is 784 g/mol. The molecule has 15 nitrogen and oxygen atoms in total. The number of anilines is 1. The number of nitrogens with one attached hydrogen (secondary N) is 1. The van der Waals surface area contributed by atoms with Gasteiger partial charge in [-0.05, 0) is 63.8 Å². The number of ether oxygens (including phenoxy) is 5. The molecule has 1 aromatic carbocycles. The highest BCUT2D eigenvalue weighted by molar-refractivity contribution is 6.35. The number of benzene rings is 1. The molecule has 16 heteroatoms. The quantitative estimate of drug-likeness (QED) is 0.175. The van der Waals surface area contributed by atoms with Crippen molar-refractivity contribution in [2.24, 2.45) is 5.92 Å². The van der Waals surface area contributed by atoms with Gasteiger partial charge in [0, 0.05) is 58.3 Å². The van der Waals surface area contributed by atoms with Gasteiger partial charge in [0.1, 0.15) is 40.7 Å². The topological polar surface area (TPSA) is 177 Å². The van der Waals surface area contributed by atoms with E-state index in [4.69, 9.17) is 35.3 Å². The fourth-order valence-electron chi connectivity index (χ4n) is 7.86. The third-order valence-corrected chi connectivity index (χ3v) is 12.2. The molecule has 2 N–H and O–H groups in total. The number of hydrogen-bond acceptors (Lipinski definition) is 11. The summed E-state index contributed by atoms with van der Waals surface area (Å²) in [5, 5.41) is 14.5. The van der Waals surface area contributed by atoms with Gasteiger partial charge in [0.2, 0.25) is 11.8 Å². The van der Waals surface area contributed by atoms with Crippen LogP contribution < -0.4 is 15.0 Å². The van der Waals surface area contributed by atoms with Crippen LogP contribution in [0.3, 0.4) is 0 Å². The number of carbonyl (C=O) groups excluding carboxylic acids is 5. The summed E-state index contributed by atoms with van der Waals surface area (Å²) in [4.78, 5) is 70.5. The summed E-state index contributed by atoms with van der Waals surface area (Å²) in [6, 6.07) is 2.55. The Morgan fingerprint density at radius 1 is 1.17 bits per heavy atom. The summed E-state index contributed by atoms with van der Waals surface area (Å²) < 4.78 is 29.3. The molecule has 4 heterocycles. The molecule has 5 rings (SSSR count). The molecule has 2 fully saturated rings. The van der Waals surface area contributed by atoms with E-state index in [-0.39, 0.29) is 36.1 Å². The second kappa shape index (κ2) is 18.7.